The van der Waals surface area contributed by atoms with E-state index < -0.39 is 0 Å². The van der Waals surface area contributed by atoms with Crippen LogP contribution in [0.2, 0.25) is 5.02 Å². The minimum atomic E-state index is 0.619. The van der Waals surface area contributed by atoms with E-state index >= 15 is 0 Å². The van der Waals surface area contributed by atoms with Gasteiger partial charge in [0, 0.05) is 21.5 Å². The van der Waals surface area contributed by atoms with Crippen LogP contribution in [0.1, 0.15) is 32.9 Å². The molecule has 0 saturated carbocycles. The summed E-state index contributed by atoms with van der Waals surface area (Å²) in [6, 6.07) is 13.7. The minimum Gasteiger partial charge on any atom is -0.250 e. The third kappa shape index (κ3) is 3.68. The normalized spacial score (nSPS) is 11.7. The van der Waals surface area contributed by atoms with Gasteiger partial charge in [-0.3, -0.25) is 0 Å². The maximum absolute atomic E-state index is 6.49. The number of benzene rings is 1. The smallest absolute Gasteiger partial charge is 0.179 e. The molecular formula is C22H22ClN3. The van der Waals surface area contributed by atoms with Crippen LogP contribution in [0.5, 0.6) is 0 Å². The Hall–Kier alpha value is -2.52. The first kappa shape index (κ1) is 18.3. The zero-order valence-electron chi connectivity index (χ0n) is 15.5. The van der Waals surface area contributed by atoms with Crippen molar-refractivity contribution in [3.05, 3.63) is 63.7 Å². The van der Waals surface area contributed by atoms with E-state index in [1.54, 1.807) is 0 Å². The van der Waals surface area contributed by atoms with Crippen LogP contribution in [0, 0.1) is 6.92 Å². The van der Waals surface area contributed by atoms with E-state index in [9.17, 15) is 0 Å². The number of aryl methyl sites for hydroxylation is 1. The van der Waals surface area contributed by atoms with Gasteiger partial charge in [0.2, 0.25) is 0 Å². The summed E-state index contributed by atoms with van der Waals surface area (Å²) in [5, 5.41) is 2.64. The Balaban J connectivity index is 2.44. The molecule has 0 N–H and O–H groups in total. The highest BCUT2D eigenvalue weighted by molar-refractivity contribution is 6.33. The average molecular weight is 364 g/mol. The standard InChI is InChI=1S/C22H22ClN3/c1-5-9-18-20(14(2)3)21(16-11-6-7-12-17(16)23)26-22(25-18)19-13-8-10-15(4)24-19/h6-13H,5H2,1-4H3/b18-9+. The minimum absolute atomic E-state index is 0.619. The van der Waals surface area contributed by atoms with E-state index in [4.69, 9.17) is 21.6 Å². The van der Waals surface area contributed by atoms with Crippen molar-refractivity contribution in [3.8, 4) is 22.8 Å². The van der Waals surface area contributed by atoms with Gasteiger partial charge in [0.25, 0.3) is 0 Å². The number of halogens is 1. The number of aromatic nitrogens is 3. The number of hydrogen-bond acceptors (Lipinski definition) is 3. The Kier molecular flexibility index (Phi) is 5.48. The summed E-state index contributed by atoms with van der Waals surface area (Å²) >= 11 is 6.49. The van der Waals surface area contributed by atoms with Crippen molar-refractivity contribution < 1.29 is 0 Å². The maximum atomic E-state index is 6.49. The highest BCUT2D eigenvalue weighted by Gasteiger charge is 2.13. The third-order valence-corrected chi connectivity index (χ3v) is 4.41. The molecule has 0 aliphatic heterocycles. The second-order valence-electron chi connectivity index (χ2n) is 6.41. The highest BCUT2D eigenvalue weighted by atomic mass is 35.5. The Morgan fingerprint density at radius 1 is 1.00 bits per heavy atom. The van der Waals surface area contributed by atoms with Gasteiger partial charge in [0.05, 0.1) is 11.0 Å². The van der Waals surface area contributed by atoms with Gasteiger partial charge < -0.3 is 0 Å². The molecule has 132 valence electrons. The van der Waals surface area contributed by atoms with Gasteiger partial charge in [-0.1, -0.05) is 54.4 Å². The molecule has 0 radical (unpaired) electrons. The predicted molar refractivity (Wildman–Crippen MR) is 109 cm³/mol. The van der Waals surface area contributed by atoms with Crippen molar-refractivity contribution in [1.29, 1.82) is 0 Å². The largest absolute Gasteiger partial charge is 0.250 e. The Bertz CT molecular complexity index is 1070. The second kappa shape index (κ2) is 7.79. The van der Waals surface area contributed by atoms with Gasteiger partial charge in [-0.2, -0.15) is 0 Å². The van der Waals surface area contributed by atoms with Crippen LogP contribution in [-0.2, 0) is 0 Å². The summed E-state index contributed by atoms with van der Waals surface area (Å²) in [6.07, 6.45) is 3.02. The zero-order valence-corrected chi connectivity index (χ0v) is 16.3. The van der Waals surface area contributed by atoms with Crippen molar-refractivity contribution in [1.82, 2.24) is 15.0 Å². The van der Waals surface area contributed by atoms with E-state index in [1.807, 2.05) is 49.4 Å². The van der Waals surface area contributed by atoms with Crippen molar-refractivity contribution in [2.45, 2.75) is 34.1 Å². The summed E-state index contributed by atoms with van der Waals surface area (Å²) in [4.78, 5) is 14.3. The summed E-state index contributed by atoms with van der Waals surface area (Å²) in [6.45, 7) is 8.24. The van der Waals surface area contributed by atoms with Crippen molar-refractivity contribution in [2.24, 2.45) is 0 Å². The molecular weight excluding hydrogens is 342 g/mol. The van der Waals surface area contributed by atoms with Gasteiger partial charge in [-0.25, -0.2) is 15.0 Å². The molecule has 0 unspecified atom stereocenters. The summed E-state index contributed by atoms with van der Waals surface area (Å²) in [7, 11) is 0. The fourth-order valence-corrected chi connectivity index (χ4v) is 3.17. The fraction of sp³-hybridized carbons (Fsp3) is 0.227. The lowest BCUT2D eigenvalue weighted by molar-refractivity contribution is 1.06. The second-order valence-corrected chi connectivity index (χ2v) is 6.82. The molecule has 0 spiro atoms. The third-order valence-electron chi connectivity index (χ3n) is 4.08. The van der Waals surface area contributed by atoms with Gasteiger partial charge in [0.15, 0.2) is 5.82 Å². The lowest BCUT2D eigenvalue weighted by Crippen LogP contribution is -2.33. The molecule has 0 aliphatic rings. The quantitative estimate of drug-likeness (QED) is 0.685. The van der Waals surface area contributed by atoms with Gasteiger partial charge in [-0.05, 0) is 45.4 Å². The molecule has 0 amide bonds. The van der Waals surface area contributed by atoms with E-state index in [0.717, 1.165) is 45.2 Å². The van der Waals surface area contributed by atoms with Crippen LogP contribution >= 0.6 is 11.6 Å². The Labute approximate surface area is 159 Å². The molecule has 3 rings (SSSR count). The van der Waals surface area contributed by atoms with Crippen molar-refractivity contribution >= 4 is 23.3 Å². The fourth-order valence-electron chi connectivity index (χ4n) is 2.94. The average Bonchev–Trinajstić information content (AvgIpc) is 2.61. The van der Waals surface area contributed by atoms with Crippen LogP contribution in [0.3, 0.4) is 0 Å². The highest BCUT2D eigenvalue weighted by Crippen LogP contribution is 2.24. The van der Waals surface area contributed by atoms with Gasteiger partial charge in [-0.15, -0.1) is 0 Å². The van der Waals surface area contributed by atoms with Crippen LogP contribution in [0.25, 0.3) is 34.4 Å². The molecule has 0 aliphatic carbocycles. The zero-order chi connectivity index (χ0) is 18.7. The molecule has 0 saturated heterocycles. The lowest BCUT2D eigenvalue weighted by Gasteiger charge is -2.10. The molecule has 0 fully saturated rings. The maximum Gasteiger partial charge on any atom is 0.179 e. The number of pyridine rings is 1. The summed E-state index contributed by atoms with van der Waals surface area (Å²) < 4.78 is 0. The first-order chi connectivity index (χ1) is 12.5. The molecule has 1 aromatic carbocycles. The Morgan fingerprint density at radius 2 is 1.77 bits per heavy atom. The molecule has 2 heterocycles. The molecule has 0 bridgehead atoms. The molecule has 4 heteroatoms. The molecule has 0 atom stereocenters. The van der Waals surface area contributed by atoms with Gasteiger partial charge >= 0.3 is 0 Å². The number of hydrogen-bond donors (Lipinski definition) is 0. The number of nitrogens with zero attached hydrogens (tertiary/aromatic N) is 3. The topological polar surface area (TPSA) is 38.7 Å². The first-order valence-electron chi connectivity index (χ1n) is 8.76. The molecule has 3 aromatic rings. The summed E-state index contributed by atoms with van der Waals surface area (Å²) in [5.74, 6) is 0.619. The van der Waals surface area contributed by atoms with E-state index in [2.05, 4.69) is 31.8 Å². The van der Waals surface area contributed by atoms with E-state index in [1.165, 1.54) is 0 Å². The van der Waals surface area contributed by atoms with Gasteiger partial charge in [0.1, 0.15) is 5.69 Å². The van der Waals surface area contributed by atoms with E-state index in [0.29, 0.717) is 10.8 Å². The monoisotopic (exact) mass is 363 g/mol. The van der Waals surface area contributed by atoms with Crippen molar-refractivity contribution in [2.75, 3.05) is 0 Å². The van der Waals surface area contributed by atoms with E-state index in [-0.39, 0.29) is 0 Å². The molecule has 2 aromatic heterocycles. The first-order valence-corrected chi connectivity index (χ1v) is 9.13. The van der Waals surface area contributed by atoms with Crippen LogP contribution in [0.15, 0.2) is 42.5 Å². The van der Waals surface area contributed by atoms with Crippen molar-refractivity contribution in [3.63, 3.8) is 0 Å². The van der Waals surface area contributed by atoms with Crippen LogP contribution < -0.4 is 10.6 Å². The SMILES string of the molecule is CC/C=c1/nc(-c2cccc(C)n2)nc(-c2ccccc2Cl)c1=C(C)C. The summed E-state index contributed by atoms with van der Waals surface area (Å²) in [5.41, 5.74) is 4.62. The molecule has 26 heavy (non-hydrogen) atoms. The van der Waals surface area contributed by atoms with Crippen LogP contribution in [-0.4, -0.2) is 15.0 Å². The lowest BCUT2D eigenvalue weighted by atomic mass is 10.1. The predicted octanol–water partition coefficient (Wildman–Crippen LogP) is 4.55. The number of rotatable bonds is 3. The molecule has 3 nitrogen and oxygen atoms in total. The Morgan fingerprint density at radius 3 is 2.42 bits per heavy atom. The van der Waals surface area contributed by atoms with Crippen LogP contribution in [0.4, 0.5) is 0 Å².